The Bertz CT molecular complexity index is 1170. The first-order chi connectivity index (χ1) is 13.2. The molecule has 2 aromatic rings. The Balaban J connectivity index is 1.70. The number of carbonyl (C=O) groups is 1. The summed E-state index contributed by atoms with van der Waals surface area (Å²) in [4.78, 5) is 14.1. The van der Waals surface area contributed by atoms with Crippen molar-refractivity contribution in [3.63, 3.8) is 0 Å². The third-order valence-electron chi connectivity index (χ3n) is 5.26. The third-order valence-corrected chi connectivity index (χ3v) is 9.43. The first-order valence-electron chi connectivity index (χ1n) is 8.83. The molecular formula is C19H18FNO5S2. The van der Waals surface area contributed by atoms with Gasteiger partial charge < -0.3 is 4.90 Å². The van der Waals surface area contributed by atoms with Gasteiger partial charge in [0.25, 0.3) is 5.91 Å². The molecule has 9 heteroatoms. The van der Waals surface area contributed by atoms with E-state index in [0.717, 1.165) is 23.8 Å². The fraction of sp³-hybridized carbons (Fsp3) is 0.316. The molecule has 2 aliphatic heterocycles. The minimum Gasteiger partial charge on any atom is -0.308 e. The molecule has 2 heterocycles. The molecule has 148 valence electrons. The Morgan fingerprint density at radius 3 is 2.61 bits per heavy atom. The summed E-state index contributed by atoms with van der Waals surface area (Å²) < 4.78 is 63.3. The van der Waals surface area contributed by atoms with Crippen LogP contribution >= 0.6 is 0 Å². The molecule has 0 aromatic heterocycles. The molecule has 0 radical (unpaired) electrons. The van der Waals surface area contributed by atoms with Gasteiger partial charge in [0.15, 0.2) is 19.7 Å². The second-order valence-electron chi connectivity index (χ2n) is 7.05. The number of nitrogens with zero attached hydrogens (tertiary/aromatic N) is 1. The predicted octanol–water partition coefficient (Wildman–Crippen LogP) is 1.99. The van der Waals surface area contributed by atoms with Crippen LogP contribution in [0.4, 0.5) is 10.1 Å². The Kier molecular flexibility index (Phi) is 4.54. The highest BCUT2D eigenvalue weighted by Gasteiger charge is 2.38. The van der Waals surface area contributed by atoms with Crippen LogP contribution in [0.5, 0.6) is 0 Å². The van der Waals surface area contributed by atoms with Crippen molar-refractivity contribution in [2.45, 2.75) is 23.0 Å². The molecule has 0 unspecified atom stereocenters. The lowest BCUT2D eigenvalue weighted by atomic mass is 10.1. The van der Waals surface area contributed by atoms with Gasteiger partial charge in [-0.1, -0.05) is 18.2 Å². The number of amides is 1. The van der Waals surface area contributed by atoms with Gasteiger partial charge in [-0.2, -0.15) is 0 Å². The lowest BCUT2D eigenvalue weighted by Crippen LogP contribution is -2.30. The number of anilines is 1. The fourth-order valence-electron chi connectivity index (χ4n) is 3.74. The Hall–Kier alpha value is -2.26. The molecule has 0 bridgehead atoms. The minimum absolute atomic E-state index is 0.00478. The number of fused-ring (bicyclic) bond motifs is 1. The van der Waals surface area contributed by atoms with E-state index in [1.165, 1.54) is 4.90 Å². The van der Waals surface area contributed by atoms with Crippen molar-refractivity contribution < 1.29 is 26.0 Å². The number of para-hydroxylation sites is 1. The van der Waals surface area contributed by atoms with Crippen LogP contribution in [0.2, 0.25) is 0 Å². The molecule has 0 N–H and O–H groups in total. The largest absolute Gasteiger partial charge is 0.308 e. The van der Waals surface area contributed by atoms with E-state index in [0.29, 0.717) is 18.7 Å². The number of benzene rings is 2. The fourth-order valence-corrected chi connectivity index (χ4v) is 8.12. The normalized spacial score (nSPS) is 20.9. The molecule has 2 aromatic carbocycles. The maximum atomic E-state index is 14.4. The monoisotopic (exact) mass is 423 g/mol. The van der Waals surface area contributed by atoms with Crippen molar-refractivity contribution >= 4 is 31.3 Å². The van der Waals surface area contributed by atoms with E-state index in [4.69, 9.17) is 0 Å². The van der Waals surface area contributed by atoms with Crippen LogP contribution < -0.4 is 4.90 Å². The molecule has 6 nitrogen and oxygen atoms in total. The predicted molar refractivity (Wildman–Crippen MR) is 102 cm³/mol. The topological polar surface area (TPSA) is 88.6 Å². The van der Waals surface area contributed by atoms with E-state index in [1.54, 1.807) is 12.1 Å². The van der Waals surface area contributed by atoms with Gasteiger partial charge in [0.05, 0.1) is 27.2 Å². The summed E-state index contributed by atoms with van der Waals surface area (Å²) in [6.07, 6.45) is 0.645. The summed E-state index contributed by atoms with van der Waals surface area (Å²) in [6.45, 7) is 0.384. The van der Waals surface area contributed by atoms with Crippen LogP contribution in [0.3, 0.4) is 0 Å². The average Bonchev–Trinajstić information content (AvgIpc) is 3.25. The molecular weight excluding hydrogens is 405 g/mol. The molecule has 0 saturated carbocycles. The van der Waals surface area contributed by atoms with E-state index in [1.807, 2.05) is 12.1 Å². The minimum atomic E-state index is -3.98. The van der Waals surface area contributed by atoms with Crippen LogP contribution in [0, 0.1) is 5.82 Å². The van der Waals surface area contributed by atoms with Gasteiger partial charge in [-0.3, -0.25) is 4.79 Å². The highest BCUT2D eigenvalue weighted by Crippen LogP contribution is 2.31. The molecule has 1 saturated heterocycles. The lowest BCUT2D eigenvalue weighted by Gasteiger charge is -2.18. The molecule has 1 fully saturated rings. The van der Waals surface area contributed by atoms with Gasteiger partial charge in [0.1, 0.15) is 5.82 Å². The van der Waals surface area contributed by atoms with Crippen molar-refractivity contribution in [2.75, 3.05) is 23.0 Å². The van der Waals surface area contributed by atoms with Crippen LogP contribution in [-0.2, 0) is 26.1 Å². The highest BCUT2D eigenvalue weighted by molar-refractivity contribution is 7.96. The average molecular weight is 423 g/mol. The highest BCUT2D eigenvalue weighted by atomic mass is 32.2. The number of hydrogen-bond acceptors (Lipinski definition) is 5. The van der Waals surface area contributed by atoms with E-state index in [-0.39, 0.29) is 22.6 Å². The van der Waals surface area contributed by atoms with Crippen molar-refractivity contribution in [3.05, 3.63) is 59.4 Å². The Morgan fingerprint density at radius 2 is 1.89 bits per heavy atom. The molecule has 4 rings (SSSR count). The Morgan fingerprint density at radius 1 is 1.14 bits per heavy atom. The number of hydrogen-bond donors (Lipinski definition) is 0. The second kappa shape index (κ2) is 6.66. The quantitative estimate of drug-likeness (QED) is 0.705. The number of halogens is 1. The zero-order chi connectivity index (χ0) is 20.1. The molecule has 2 aliphatic rings. The SMILES string of the molecule is O=C(c1cc(S(=O)(=O)[C@H]2CCS(=O)(=O)C2)ccc1F)N1CCc2ccccc21. The van der Waals surface area contributed by atoms with Crippen LogP contribution in [0.15, 0.2) is 47.4 Å². The summed E-state index contributed by atoms with van der Waals surface area (Å²) in [5.41, 5.74) is 1.32. The third kappa shape index (κ3) is 3.22. The number of rotatable bonds is 3. The molecule has 1 atom stereocenters. The van der Waals surface area contributed by atoms with Gasteiger partial charge in [0.2, 0.25) is 0 Å². The molecule has 1 amide bonds. The molecule has 0 aliphatic carbocycles. The van der Waals surface area contributed by atoms with Crippen molar-refractivity contribution in [1.29, 1.82) is 0 Å². The van der Waals surface area contributed by atoms with Crippen molar-refractivity contribution in [1.82, 2.24) is 0 Å². The summed E-state index contributed by atoms with van der Waals surface area (Å²) in [7, 11) is -7.38. The molecule has 0 spiro atoms. The maximum Gasteiger partial charge on any atom is 0.261 e. The first-order valence-corrected chi connectivity index (χ1v) is 12.2. The second-order valence-corrected chi connectivity index (χ2v) is 11.5. The van der Waals surface area contributed by atoms with Crippen LogP contribution in [0.25, 0.3) is 0 Å². The summed E-state index contributed by atoms with van der Waals surface area (Å²) in [5.74, 6) is -2.06. The Labute approximate surface area is 162 Å². The standard InChI is InChI=1S/C19H18FNO5S2/c20-17-6-5-14(28(25,26)15-8-10-27(23,24)12-15)11-16(17)19(22)21-9-7-13-3-1-2-4-18(13)21/h1-6,11,15H,7-10,12H2/t15-/m0/s1. The zero-order valence-electron chi connectivity index (χ0n) is 14.8. The van der Waals surface area contributed by atoms with Gasteiger partial charge in [-0.25, -0.2) is 21.2 Å². The van der Waals surface area contributed by atoms with E-state index in [9.17, 15) is 26.0 Å². The number of sulfone groups is 2. The van der Waals surface area contributed by atoms with Gasteiger partial charge >= 0.3 is 0 Å². The van der Waals surface area contributed by atoms with Crippen LogP contribution in [0.1, 0.15) is 22.3 Å². The van der Waals surface area contributed by atoms with E-state index in [2.05, 4.69) is 0 Å². The smallest absolute Gasteiger partial charge is 0.261 e. The van der Waals surface area contributed by atoms with E-state index >= 15 is 0 Å². The lowest BCUT2D eigenvalue weighted by molar-refractivity contribution is 0.0985. The summed E-state index contributed by atoms with van der Waals surface area (Å²) in [6, 6.07) is 10.4. The zero-order valence-corrected chi connectivity index (χ0v) is 16.5. The summed E-state index contributed by atoms with van der Waals surface area (Å²) in [5, 5.41) is -1.07. The van der Waals surface area contributed by atoms with Crippen molar-refractivity contribution in [2.24, 2.45) is 0 Å². The van der Waals surface area contributed by atoms with Gasteiger partial charge in [-0.15, -0.1) is 0 Å². The van der Waals surface area contributed by atoms with Crippen LogP contribution in [-0.4, -0.2) is 46.0 Å². The molecule has 28 heavy (non-hydrogen) atoms. The van der Waals surface area contributed by atoms with Crippen molar-refractivity contribution in [3.8, 4) is 0 Å². The van der Waals surface area contributed by atoms with Gasteiger partial charge in [-0.05, 0) is 42.7 Å². The summed E-state index contributed by atoms with van der Waals surface area (Å²) >= 11 is 0. The maximum absolute atomic E-state index is 14.4. The van der Waals surface area contributed by atoms with Gasteiger partial charge in [0, 0.05) is 12.2 Å². The van der Waals surface area contributed by atoms with E-state index < -0.39 is 42.4 Å². The number of carbonyl (C=O) groups excluding carboxylic acids is 1. The first kappa shape index (κ1) is 19.1.